The van der Waals surface area contributed by atoms with Crippen molar-refractivity contribution < 1.29 is 4.74 Å². The summed E-state index contributed by atoms with van der Waals surface area (Å²) < 4.78 is 7.34. The number of hydrogen-bond acceptors (Lipinski definition) is 5. The molecular formula is C44H48OS4. The van der Waals surface area contributed by atoms with Gasteiger partial charge in [-0.15, -0.1) is 45.3 Å². The van der Waals surface area contributed by atoms with Crippen molar-refractivity contribution in [2.24, 2.45) is 0 Å². The van der Waals surface area contributed by atoms with Crippen LogP contribution in [0.5, 0.6) is 11.5 Å². The number of hydrogen-bond donors (Lipinski definition) is 0. The normalized spacial score (nSPS) is 14.1. The fourth-order valence-electron chi connectivity index (χ4n) is 6.82. The molecular weight excluding hydrogens is 673 g/mol. The molecule has 7 rings (SSSR count). The summed E-state index contributed by atoms with van der Waals surface area (Å²) in [5.74, 6) is 2.10. The summed E-state index contributed by atoms with van der Waals surface area (Å²) >= 11 is 7.51. The van der Waals surface area contributed by atoms with Crippen LogP contribution in [0.1, 0.15) is 108 Å². The van der Waals surface area contributed by atoms with Crippen molar-refractivity contribution in [1.29, 1.82) is 0 Å². The van der Waals surface area contributed by atoms with Gasteiger partial charge in [-0.3, -0.25) is 0 Å². The van der Waals surface area contributed by atoms with Gasteiger partial charge in [-0.1, -0.05) is 93.0 Å². The third-order valence-corrected chi connectivity index (χ3v) is 14.6. The van der Waals surface area contributed by atoms with Crippen LogP contribution in [0, 0.1) is 6.92 Å². The molecule has 1 nitrogen and oxygen atoms in total. The summed E-state index contributed by atoms with van der Waals surface area (Å²) in [7, 11) is 0. The largest absolute Gasteiger partial charge is 0.456 e. The molecule has 0 spiro atoms. The van der Waals surface area contributed by atoms with Crippen LogP contribution in [0.25, 0.3) is 40.4 Å². The van der Waals surface area contributed by atoms with Gasteiger partial charge in [0, 0.05) is 56.9 Å². The molecule has 49 heavy (non-hydrogen) atoms. The van der Waals surface area contributed by atoms with E-state index in [0.29, 0.717) is 0 Å². The average Bonchev–Trinajstić information content (AvgIpc) is 3.85. The number of benzene rings is 2. The zero-order valence-corrected chi connectivity index (χ0v) is 33.9. The maximum Gasteiger partial charge on any atom is 0.139 e. The molecule has 0 fully saturated rings. The summed E-state index contributed by atoms with van der Waals surface area (Å²) in [6.45, 7) is 23.3. The zero-order valence-electron chi connectivity index (χ0n) is 30.6. The Morgan fingerprint density at radius 1 is 0.653 bits per heavy atom. The second-order valence-corrected chi connectivity index (χ2v) is 20.5. The van der Waals surface area contributed by atoms with Crippen LogP contribution in [0.3, 0.4) is 0 Å². The second kappa shape index (κ2) is 12.7. The highest BCUT2D eigenvalue weighted by Gasteiger charge is 2.40. The lowest BCUT2D eigenvalue weighted by molar-refractivity contribution is 0.410. The van der Waals surface area contributed by atoms with E-state index >= 15 is 0 Å². The summed E-state index contributed by atoms with van der Waals surface area (Å²) in [5, 5.41) is 2.16. The van der Waals surface area contributed by atoms with E-state index in [4.69, 9.17) is 4.74 Å². The number of unbranched alkanes of at least 4 members (excludes halogenated alkanes) is 1. The van der Waals surface area contributed by atoms with E-state index in [1.54, 1.807) is 0 Å². The first-order valence-electron chi connectivity index (χ1n) is 17.5. The van der Waals surface area contributed by atoms with Crippen LogP contribution in [-0.2, 0) is 22.7 Å². The molecule has 5 heteroatoms. The van der Waals surface area contributed by atoms with Crippen LogP contribution in [-0.4, -0.2) is 0 Å². The smallest absolute Gasteiger partial charge is 0.139 e. The van der Waals surface area contributed by atoms with E-state index in [0.717, 1.165) is 30.8 Å². The molecule has 1 aliphatic heterocycles. The van der Waals surface area contributed by atoms with Crippen LogP contribution < -0.4 is 4.74 Å². The molecule has 0 radical (unpaired) electrons. The lowest BCUT2D eigenvalue weighted by atomic mass is 9.70. The van der Waals surface area contributed by atoms with Gasteiger partial charge in [0.1, 0.15) is 11.5 Å². The van der Waals surface area contributed by atoms with Gasteiger partial charge in [-0.2, -0.15) is 0 Å². The fraction of sp³-hybridized carbons (Fsp3) is 0.364. The SMILES string of the molecule is CCCCc1cc(C(C)(C)C)cc2c1Oc1c(-c3cc(-c4ccc(-c5cccs5)s4)sc3-c3ccc(C)s3)cc(C(C)(C)C)cc1C2(C)C. The van der Waals surface area contributed by atoms with Crippen molar-refractivity contribution in [3.05, 3.63) is 105 Å². The summed E-state index contributed by atoms with van der Waals surface area (Å²) in [5.41, 5.74) is 8.95. The molecule has 0 saturated carbocycles. The first-order chi connectivity index (χ1) is 23.1. The maximum atomic E-state index is 7.34. The van der Waals surface area contributed by atoms with Crippen molar-refractivity contribution in [1.82, 2.24) is 0 Å². The molecule has 0 unspecified atom stereocenters. The van der Waals surface area contributed by atoms with E-state index < -0.39 is 0 Å². The number of thiophene rings is 4. The van der Waals surface area contributed by atoms with Crippen molar-refractivity contribution in [2.75, 3.05) is 0 Å². The van der Waals surface area contributed by atoms with E-state index in [-0.39, 0.29) is 16.2 Å². The second-order valence-electron chi connectivity index (χ2n) is 16.1. The van der Waals surface area contributed by atoms with Crippen molar-refractivity contribution >= 4 is 45.3 Å². The molecule has 0 aliphatic carbocycles. The monoisotopic (exact) mass is 720 g/mol. The first-order valence-corrected chi connectivity index (χ1v) is 20.9. The van der Waals surface area contributed by atoms with Crippen molar-refractivity contribution in [3.8, 4) is 51.9 Å². The van der Waals surface area contributed by atoms with Gasteiger partial charge in [-0.25, -0.2) is 0 Å². The molecule has 254 valence electrons. The van der Waals surface area contributed by atoms with Crippen molar-refractivity contribution in [3.63, 3.8) is 0 Å². The predicted octanol–water partition coefficient (Wildman–Crippen LogP) is 15.3. The lowest BCUT2D eigenvalue weighted by Gasteiger charge is -2.39. The Balaban J connectivity index is 1.48. The predicted molar refractivity (Wildman–Crippen MR) is 219 cm³/mol. The van der Waals surface area contributed by atoms with Crippen LogP contribution in [0.2, 0.25) is 0 Å². The maximum absolute atomic E-state index is 7.34. The minimum absolute atomic E-state index is 0.0262. The number of fused-ring (bicyclic) bond motifs is 2. The average molecular weight is 721 g/mol. The molecule has 1 aliphatic rings. The van der Waals surface area contributed by atoms with Gasteiger partial charge in [0.05, 0.1) is 4.88 Å². The van der Waals surface area contributed by atoms with E-state index in [9.17, 15) is 0 Å². The Morgan fingerprint density at radius 3 is 1.92 bits per heavy atom. The summed E-state index contributed by atoms with van der Waals surface area (Å²) in [4.78, 5) is 9.27. The van der Waals surface area contributed by atoms with Crippen LogP contribution in [0.15, 0.2) is 72.1 Å². The molecule has 0 atom stereocenters. The number of rotatable bonds is 7. The molecule has 2 aromatic carbocycles. The third-order valence-electron chi connectivity index (χ3n) is 9.94. The summed E-state index contributed by atoms with van der Waals surface area (Å²) in [6.07, 6.45) is 3.33. The Bertz CT molecular complexity index is 2130. The highest BCUT2D eigenvalue weighted by Crippen LogP contribution is 2.57. The Morgan fingerprint density at radius 2 is 1.31 bits per heavy atom. The Kier molecular flexibility index (Phi) is 8.92. The lowest BCUT2D eigenvalue weighted by Crippen LogP contribution is -2.28. The molecule has 6 aromatic rings. The molecule has 5 heterocycles. The highest BCUT2D eigenvalue weighted by molar-refractivity contribution is 7.28. The van der Waals surface area contributed by atoms with Gasteiger partial charge in [-0.05, 0) is 95.1 Å². The Labute approximate surface area is 309 Å². The molecule has 4 aromatic heterocycles. The summed E-state index contributed by atoms with van der Waals surface area (Å²) in [6, 6.07) is 25.7. The van der Waals surface area contributed by atoms with Gasteiger partial charge in [0.25, 0.3) is 0 Å². The first kappa shape index (κ1) is 34.5. The van der Waals surface area contributed by atoms with E-state index in [1.165, 1.54) is 73.1 Å². The van der Waals surface area contributed by atoms with Gasteiger partial charge in [0.15, 0.2) is 0 Å². The Hall–Kier alpha value is -2.96. The minimum Gasteiger partial charge on any atom is -0.456 e. The zero-order chi connectivity index (χ0) is 34.9. The highest BCUT2D eigenvalue weighted by atomic mass is 32.1. The van der Waals surface area contributed by atoms with E-state index in [1.807, 2.05) is 45.3 Å². The fourth-order valence-corrected chi connectivity index (χ4v) is 10.9. The minimum atomic E-state index is -0.233. The topological polar surface area (TPSA) is 9.23 Å². The number of aryl methyl sites for hydroxylation is 2. The van der Waals surface area contributed by atoms with Crippen LogP contribution >= 0.6 is 45.3 Å². The molecule has 0 amide bonds. The molecule has 0 saturated heterocycles. The third kappa shape index (κ3) is 6.42. The number of ether oxygens (including phenoxy) is 1. The van der Waals surface area contributed by atoms with E-state index in [2.05, 4.69) is 141 Å². The van der Waals surface area contributed by atoms with Gasteiger partial charge >= 0.3 is 0 Å². The quantitative estimate of drug-likeness (QED) is 0.160. The van der Waals surface area contributed by atoms with Gasteiger partial charge in [0.2, 0.25) is 0 Å². The molecule has 0 N–H and O–H groups in total. The van der Waals surface area contributed by atoms with Crippen molar-refractivity contribution in [2.45, 2.75) is 105 Å². The molecule has 0 bridgehead atoms. The van der Waals surface area contributed by atoms with Gasteiger partial charge < -0.3 is 4.74 Å². The standard InChI is InChI=1S/C44H48OS4/c1-11-12-14-27-21-28(42(3,4)5)23-32-39(27)45-40-30(22-29(43(6,7)8)24-33(40)44(32,9)10)31-25-38(49-41(31)37-17-16-26(2)47-37)36-19-18-35(48-36)34-15-13-20-46-34/h13,15-25H,11-12,14H2,1-10H3. The van der Waals surface area contributed by atoms with Crippen LogP contribution in [0.4, 0.5) is 0 Å².